The summed E-state index contributed by atoms with van der Waals surface area (Å²) in [7, 11) is 0. The second-order valence-corrected chi connectivity index (χ2v) is 3.06. The number of nitrogens with zero attached hydrogens (tertiary/aromatic N) is 1. The molecule has 0 radical (unpaired) electrons. The Balaban J connectivity index is 2.69. The molecule has 14 heavy (non-hydrogen) atoms. The molecule has 0 aliphatic rings. The summed E-state index contributed by atoms with van der Waals surface area (Å²) in [5.41, 5.74) is 6.36. The summed E-state index contributed by atoms with van der Waals surface area (Å²) in [6.07, 6.45) is 3.85. The van der Waals surface area contributed by atoms with Gasteiger partial charge < -0.3 is 10.8 Å². The van der Waals surface area contributed by atoms with Gasteiger partial charge in [-0.1, -0.05) is 6.07 Å². The van der Waals surface area contributed by atoms with Crippen molar-refractivity contribution in [3.05, 3.63) is 29.6 Å². The Labute approximate surface area is 82.8 Å². The van der Waals surface area contributed by atoms with E-state index >= 15 is 0 Å². The van der Waals surface area contributed by atoms with E-state index < -0.39 is 5.91 Å². The van der Waals surface area contributed by atoms with Crippen LogP contribution in [0.3, 0.4) is 0 Å². The maximum absolute atomic E-state index is 11.0. The number of amides is 1. The van der Waals surface area contributed by atoms with Crippen LogP contribution in [-0.4, -0.2) is 22.6 Å². The van der Waals surface area contributed by atoms with Crippen molar-refractivity contribution in [1.82, 2.24) is 4.98 Å². The molecule has 0 unspecified atom stereocenters. The summed E-state index contributed by atoms with van der Waals surface area (Å²) >= 11 is 0. The predicted octanol–water partition coefficient (Wildman–Crippen LogP) is 0.495. The van der Waals surface area contributed by atoms with Gasteiger partial charge in [0.1, 0.15) is 5.69 Å². The van der Waals surface area contributed by atoms with E-state index in [9.17, 15) is 4.79 Å². The molecular formula is C10H14N2O2. The van der Waals surface area contributed by atoms with Gasteiger partial charge in [0.25, 0.3) is 5.91 Å². The van der Waals surface area contributed by atoms with Gasteiger partial charge in [-0.2, -0.15) is 0 Å². The third-order valence-electron chi connectivity index (χ3n) is 1.98. The molecule has 0 atom stereocenters. The average molecular weight is 194 g/mol. The molecule has 0 spiro atoms. The van der Waals surface area contributed by atoms with Crippen molar-refractivity contribution in [3.63, 3.8) is 0 Å². The number of hydrogen-bond acceptors (Lipinski definition) is 3. The van der Waals surface area contributed by atoms with Crippen LogP contribution >= 0.6 is 0 Å². The first-order chi connectivity index (χ1) is 6.75. The molecule has 0 aromatic carbocycles. The Morgan fingerprint density at radius 3 is 2.93 bits per heavy atom. The molecule has 1 aromatic rings. The van der Waals surface area contributed by atoms with Gasteiger partial charge in [0.15, 0.2) is 0 Å². The van der Waals surface area contributed by atoms with E-state index in [2.05, 4.69) is 4.98 Å². The van der Waals surface area contributed by atoms with Crippen LogP contribution in [0.2, 0.25) is 0 Å². The molecule has 4 nitrogen and oxygen atoms in total. The maximum Gasteiger partial charge on any atom is 0.267 e. The molecule has 0 fully saturated rings. The lowest BCUT2D eigenvalue weighted by Gasteiger charge is -2.04. The number of rotatable bonds is 5. The Morgan fingerprint density at radius 1 is 1.50 bits per heavy atom. The van der Waals surface area contributed by atoms with E-state index in [1.165, 1.54) is 0 Å². The Hall–Kier alpha value is -1.42. The summed E-state index contributed by atoms with van der Waals surface area (Å²) in [5, 5.41) is 8.62. The number of carbonyl (C=O) groups excluding carboxylic acids is 1. The van der Waals surface area contributed by atoms with Crippen molar-refractivity contribution in [2.45, 2.75) is 19.3 Å². The van der Waals surface area contributed by atoms with Gasteiger partial charge in [-0.3, -0.25) is 9.78 Å². The summed E-state index contributed by atoms with van der Waals surface area (Å²) in [6.45, 7) is 0.173. The highest BCUT2D eigenvalue weighted by Crippen LogP contribution is 2.08. The molecule has 76 valence electrons. The van der Waals surface area contributed by atoms with E-state index in [4.69, 9.17) is 10.8 Å². The number of unbranched alkanes of at least 4 members (excludes halogenated alkanes) is 1. The fourth-order valence-electron chi connectivity index (χ4n) is 1.29. The molecule has 0 bridgehead atoms. The van der Waals surface area contributed by atoms with E-state index in [0.717, 1.165) is 24.8 Å². The van der Waals surface area contributed by atoms with Gasteiger partial charge in [0.2, 0.25) is 0 Å². The lowest BCUT2D eigenvalue weighted by Crippen LogP contribution is -2.15. The highest BCUT2D eigenvalue weighted by Gasteiger charge is 2.07. The average Bonchev–Trinajstić information content (AvgIpc) is 2.19. The molecule has 0 aliphatic heterocycles. The number of carbonyl (C=O) groups is 1. The van der Waals surface area contributed by atoms with Crippen molar-refractivity contribution in [1.29, 1.82) is 0 Å². The summed E-state index contributed by atoms with van der Waals surface area (Å²) < 4.78 is 0. The van der Waals surface area contributed by atoms with Crippen LogP contribution in [0.4, 0.5) is 0 Å². The first-order valence-corrected chi connectivity index (χ1v) is 4.60. The molecule has 0 aliphatic carbocycles. The number of aliphatic hydroxyl groups is 1. The van der Waals surface area contributed by atoms with Crippen molar-refractivity contribution in [2.24, 2.45) is 5.73 Å². The standard InChI is InChI=1S/C10H14N2O2/c11-10(14)9-8(4-1-2-7-13)5-3-6-12-9/h3,5-6,13H,1-2,4,7H2,(H2,11,14). The highest BCUT2D eigenvalue weighted by molar-refractivity contribution is 5.92. The van der Waals surface area contributed by atoms with Gasteiger partial charge in [-0.25, -0.2) is 0 Å². The smallest absolute Gasteiger partial charge is 0.267 e. The predicted molar refractivity (Wildman–Crippen MR) is 52.8 cm³/mol. The monoisotopic (exact) mass is 194 g/mol. The van der Waals surface area contributed by atoms with Gasteiger partial charge in [-0.05, 0) is 30.9 Å². The van der Waals surface area contributed by atoms with Crippen LogP contribution in [-0.2, 0) is 6.42 Å². The number of aromatic nitrogens is 1. The third kappa shape index (κ3) is 2.81. The lowest BCUT2D eigenvalue weighted by atomic mass is 10.1. The number of hydrogen-bond donors (Lipinski definition) is 2. The molecule has 1 aromatic heterocycles. The zero-order valence-corrected chi connectivity index (χ0v) is 7.94. The summed E-state index contributed by atoms with van der Waals surface area (Å²) in [4.78, 5) is 14.9. The minimum absolute atomic E-state index is 0.173. The van der Waals surface area contributed by atoms with Crippen LogP contribution in [0.25, 0.3) is 0 Å². The fraction of sp³-hybridized carbons (Fsp3) is 0.400. The first kappa shape index (κ1) is 10.7. The largest absolute Gasteiger partial charge is 0.396 e. The van der Waals surface area contributed by atoms with Crippen LogP contribution in [0.5, 0.6) is 0 Å². The van der Waals surface area contributed by atoms with Crippen LogP contribution in [0, 0.1) is 0 Å². The molecule has 0 saturated heterocycles. The summed E-state index contributed by atoms with van der Waals surface area (Å²) in [5.74, 6) is -0.496. The van der Waals surface area contributed by atoms with Crippen LogP contribution < -0.4 is 5.73 Å². The SMILES string of the molecule is NC(=O)c1ncccc1CCCCO. The molecular weight excluding hydrogens is 180 g/mol. The first-order valence-electron chi connectivity index (χ1n) is 4.60. The van der Waals surface area contributed by atoms with E-state index in [-0.39, 0.29) is 6.61 Å². The molecule has 0 saturated carbocycles. The normalized spacial score (nSPS) is 10.1. The Kier molecular flexibility index (Phi) is 4.07. The van der Waals surface area contributed by atoms with Crippen molar-refractivity contribution in [2.75, 3.05) is 6.61 Å². The molecule has 3 N–H and O–H groups in total. The van der Waals surface area contributed by atoms with Gasteiger partial charge in [0.05, 0.1) is 0 Å². The van der Waals surface area contributed by atoms with E-state index in [1.54, 1.807) is 12.3 Å². The topological polar surface area (TPSA) is 76.2 Å². The maximum atomic E-state index is 11.0. The second kappa shape index (κ2) is 5.34. The molecule has 1 amide bonds. The fourth-order valence-corrected chi connectivity index (χ4v) is 1.29. The number of primary amides is 1. The second-order valence-electron chi connectivity index (χ2n) is 3.06. The number of aliphatic hydroxyl groups excluding tert-OH is 1. The zero-order valence-electron chi connectivity index (χ0n) is 7.94. The number of pyridine rings is 1. The number of nitrogens with two attached hydrogens (primary N) is 1. The zero-order chi connectivity index (χ0) is 10.4. The Morgan fingerprint density at radius 2 is 2.29 bits per heavy atom. The molecule has 1 heterocycles. The van der Waals surface area contributed by atoms with Crippen molar-refractivity contribution >= 4 is 5.91 Å². The molecule has 1 rings (SSSR count). The van der Waals surface area contributed by atoms with Gasteiger partial charge >= 0.3 is 0 Å². The van der Waals surface area contributed by atoms with Crippen molar-refractivity contribution in [3.8, 4) is 0 Å². The third-order valence-corrected chi connectivity index (χ3v) is 1.98. The summed E-state index contributed by atoms with van der Waals surface area (Å²) in [6, 6.07) is 3.62. The van der Waals surface area contributed by atoms with Gasteiger partial charge in [0, 0.05) is 12.8 Å². The highest BCUT2D eigenvalue weighted by atomic mass is 16.2. The quantitative estimate of drug-likeness (QED) is 0.670. The molecule has 4 heteroatoms. The van der Waals surface area contributed by atoms with Gasteiger partial charge in [-0.15, -0.1) is 0 Å². The minimum Gasteiger partial charge on any atom is -0.396 e. The van der Waals surface area contributed by atoms with Crippen molar-refractivity contribution < 1.29 is 9.90 Å². The lowest BCUT2D eigenvalue weighted by molar-refractivity contribution is 0.0994. The van der Waals surface area contributed by atoms with E-state index in [1.807, 2.05) is 6.07 Å². The minimum atomic E-state index is -0.496. The Bertz CT molecular complexity index is 313. The number of aryl methyl sites for hydroxylation is 1. The van der Waals surface area contributed by atoms with Crippen LogP contribution in [0.1, 0.15) is 28.9 Å². The van der Waals surface area contributed by atoms with Crippen LogP contribution in [0.15, 0.2) is 18.3 Å². The van der Waals surface area contributed by atoms with E-state index in [0.29, 0.717) is 5.69 Å².